The Morgan fingerprint density at radius 1 is 1.23 bits per heavy atom. The van der Waals surface area contributed by atoms with E-state index in [0.29, 0.717) is 0 Å². The average molecular weight is 194 g/mol. The maximum atomic E-state index is 11.0. The van der Waals surface area contributed by atoms with Gasteiger partial charge in [0, 0.05) is 5.56 Å². The van der Waals surface area contributed by atoms with E-state index in [1.165, 1.54) is 0 Å². The third-order valence-electron chi connectivity index (χ3n) is 1.83. The molecule has 0 fully saturated rings. The predicted octanol–water partition coefficient (Wildman–Crippen LogP) is 2.55. The highest BCUT2D eigenvalue weighted by atomic mass is 32.2. The summed E-state index contributed by atoms with van der Waals surface area (Å²) in [5, 5.41) is 0. The molecule has 2 heteroatoms. The van der Waals surface area contributed by atoms with Crippen LogP contribution >= 0.6 is 9.21 Å². The smallest absolute Gasteiger partial charge is 0.159 e. The predicted molar refractivity (Wildman–Crippen MR) is 62.5 cm³/mol. The minimum absolute atomic E-state index is 0.0939. The summed E-state index contributed by atoms with van der Waals surface area (Å²) in [6.45, 7) is 1.56. The quantitative estimate of drug-likeness (QED) is 0.522. The van der Waals surface area contributed by atoms with E-state index in [0.717, 1.165) is 10.5 Å². The molecule has 0 heterocycles. The van der Waals surface area contributed by atoms with E-state index in [1.807, 2.05) is 30.5 Å². The first kappa shape index (κ1) is 10.1. The fraction of sp³-hybridized carbons (Fsp3) is 0.182. The lowest BCUT2D eigenvalue weighted by molar-refractivity contribution is 0.101. The van der Waals surface area contributed by atoms with Crippen LogP contribution in [0.4, 0.5) is 0 Å². The molecule has 0 aliphatic rings. The van der Waals surface area contributed by atoms with Crippen LogP contribution in [0, 0.1) is 0 Å². The third kappa shape index (κ3) is 2.46. The second kappa shape index (κ2) is 3.38. The summed E-state index contributed by atoms with van der Waals surface area (Å²) >= 11 is 0. The normalized spacial score (nSPS) is 11.2. The van der Waals surface area contributed by atoms with Crippen molar-refractivity contribution >= 4 is 26.7 Å². The number of carbonyl (C=O) groups excluding carboxylic acids is 1. The number of rotatable bonds is 2. The van der Waals surface area contributed by atoms with E-state index in [4.69, 9.17) is 0 Å². The van der Waals surface area contributed by atoms with Crippen LogP contribution in [0.15, 0.2) is 29.2 Å². The van der Waals surface area contributed by atoms with Crippen LogP contribution in [0.5, 0.6) is 0 Å². The SMILES string of the molecule is C=S(=C)(C)c1ccc(C(C)=O)cc1. The second-order valence-corrected chi connectivity index (χ2v) is 6.37. The van der Waals surface area contributed by atoms with Gasteiger partial charge in [-0.2, -0.15) is 9.21 Å². The highest BCUT2D eigenvalue weighted by molar-refractivity contribution is 8.27. The van der Waals surface area contributed by atoms with Crippen molar-refractivity contribution in [2.24, 2.45) is 0 Å². The Labute approximate surface area is 79.9 Å². The van der Waals surface area contributed by atoms with Crippen molar-refractivity contribution in [2.45, 2.75) is 11.8 Å². The second-order valence-electron chi connectivity index (χ2n) is 3.35. The van der Waals surface area contributed by atoms with Gasteiger partial charge in [0.05, 0.1) is 0 Å². The minimum atomic E-state index is -1.16. The topological polar surface area (TPSA) is 17.1 Å². The molecule has 0 unspecified atom stereocenters. The average Bonchev–Trinajstić information content (AvgIpc) is 2.03. The molecule has 0 saturated carbocycles. The van der Waals surface area contributed by atoms with E-state index in [9.17, 15) is 4.79 Å². The van der Waals surface area contributed by atoms with E-state index in [2.05, 4.69) is 11.7 Å². The number of carbonyl (C=O) groups is 1. The molecule has 1 nitrogen and oxygen atoms in total. The molecule has 1 rings (SSSR count). The van der Waals surface area contributed by atoms with Gasteiger partial charge in [-0.1, -0.05) is 23.9 Å². The zero-order chi connectivity index (χ0) is 10.1. The van der Waals surface area contributed by atoms with Crippen LogP contribution in [-0.2, 0) is 0 Å². The summed E-state index contributed by atoms with van der Waals surface area (Å²) in [5.41, 5.74) is 0.743. The number of hydrogen-bond acceptors (Lipinski definition) is 1. The minimum Gasteiger partial charge on any atom is -0.295 e. The number of ketones is 1. The molecule has 0 radical (unpaired) electrons. The van der Waals surface area contributed by atoms with Gasteiger partial charge in [0.1, 0.15) is 0 Å². The Balaban J connectivity index is 3.16. The molecular formula is C11H14OS. The lowest BCUT2D eigenvalue weighted by atomic mass is 10.2. The van der Waals surface area contributed by atoms with Gasteiger partial charge < -0.3 is 0 Å². The Morgan fingerprint density at radius 3 is 2.00 bits per heavy atom. The van der Waals surface area contributed by atoms with Gasteiger partial charge in [-0.15, -0.1) is 0 Å². The molecule has 0 atom stereocenters. The molecule has 1 aromatic rings. The molecular weight excluding hydrogens is 180 g/mol. The van der Waals surface area contributed by atoms with Gasteiger partial charge in [0.2, 0.25) is 0 Å². The lowest BCUT2D eigenvalue weighted by Gasteiger charge is -2.07. The van der Waals surface area contributed by atoms with Crippen molar-refractivity contribution in [1.82, 2.24) is 0 Å². The Kier molecular flexibility index (Phi) is 2.62. The Morgan fingerprint density at radius 2 is 1.69 bits per heavy atom. The summed E-state index contributed by atoms with van der Waals surface area (Å²) < 4.78 is 0. The Hall–Kier alpha value is -1.02. The molecule has 0 amide bonds. The zero-order valence-corrected chi connectivity index (χ0v) is 8.86. The van der Waals surface area contributed by atoms with Crippen molar-refractivity contribution in [3.8, 4) is 0 Å². The van der Waals surface area contributed by atoms with Crippen LogP contribution in [0.3, 0.4) is 0 Å². The van der Waals surface area contributed by atoms with E-state index >= 15 is 0 Å². The molecule has 0 aliphatic carbocycles. The molecule has 0 saturated heterocycles. The third-order valence-corrected chi connectivity index (χ3v) is 3.24. The summed E-state index contributed by atoms with van der Waals surface area (Å²) in [5.74, 6) is 8.10. The van der Waals surface area contributed by atoms with E-state index < -0.39 is 9.21 Å². The molecule has 0 spiro atoms. The van der Waals surface area contributed by atoms with Gasteiger partial charge in [0.15, 0.2) is 5.78 Å². The van der Waals surface area contributed by atoms with Gasteiger partial charge >= 0.3 is 0 Å². The summed E-state index contributed by atoms with van der Waals surface area (Å²) in [6, 6.07) is 7.54. The molecule has 13 heavy (non-hydrogen) atoms. The Bertz CT molecular complexity index is 410. The van der Waals surface area contributed by atoms with Crippen molar-refractivity contribution in [2.75, 3.05) is 6.26 Å². The number of Topliss-reactive ketones (excluding diaryl/α,β-unsaturated/α-hetero) is 1. The largest absolute Gasteiger partial charge is 0.295 e. The van der Waals surface area contributed by atoms with Crippen molar-refractivity contribution in [3.05, 3.63) is 29.8 Å². The zero-order valence-electron chi connectivity index (χ0n) is 8.04. The molecule has 0 aliphatic heterocycles. The molecule has 1 aromatic carbocycles. The van der Waals surface area contributed by atoms with Crippen LogP contribution in [0.2, 0.25) is 0 Å². The van der Waals surface area contributed by atoms with Crippen LogP contribution < -0.4 is 0 Å². The van der Waals surface area contributed by atoms with Gasteiger partial charge in [-0.25, -0.2) is 0 Å². The number of benzene rings is 1. The van der Waals surface area contributed by atoms with Crippen molar-refractivity contribution in [1.29, 1.82) is 0 Å². The first-order valence-electron chi connectivity index (χ1n) is 3.97. The molecule has 0 N–H and O–H groups in total. The maximum Gasteiger partial charge on any atom is 0.159 e. The first-order valence-corrected chi connectivity index (χ1v) is 6.34. The molecule has 70 valence electrons. The van der Waals surface area contributed by atoms with Gasteiger partial charge in [-0.05, 0) is 30.2 Å². The first-order chi connectivity index (χ1) is 5.91. The highest BCUT2D eigenvalue weighted by Crippen LogP contribution is 2.27. The summed E-state index contributed by atoms with van der Waals surface area (Å²) in [6.07, 6.45) is 2.02. The molecule has 0 bridgehead atoms. The highest BCUT2D eigenvalue weighted by Gasteiger charge is 1.99. The standard InChI is InChI=1S/C11H14OS/c1-9(12)10-5-7-11(8-6-10)13(2,3)4/h5-8H,2-3H2,1,4H3. The van der Waals surface area contributed by atoms with Gasteiger partial charge in [0.25, 0.3) is 0 Å². The van der Waals surface area contributed by atoms with Crippen molar-refractivity contribution < 1.29 is 4.79 Å². The van der Waals surface area contributed by atoms with Crippen LogP contribution in [-0.4, -0.2) is 23.8 Å². The van der Waals surface area contributed by atoms with E-state index in [1.54, 1.807) is 6.92 Å². The number of hydrogen-bond donors (Lipinski definition) is 0. The maximum absolute atomic E-state index is 11.0. The van der Waals surface area contributed by atoms with Crippen LogP contribution in [0.25, 0.3) is 0 Å². The summed E-state index contributed by atoms with van der Waals surface area (Å²) in [7, 11) is -1.16. The van der Waals surface area contributed by atoms with Gasteiger partial charge in [-0.3, -0.25) is 4.79 Å². The van der Waals surface area contributed by atoms with Crippen molar-refractivity contribution in [3.63, 3.8) is 0 Å². The molecule has 0 aromatic heterocycles. The fourth-order valence-corrected chi connectivity index (χ4v) is 1.81. The summed E-state index contributed by atoms with van der Waals surface area (Å²) in [4.78, 5) is 12.1. The van der Waals surface area contributed by atoms with Crippen LogP contribution in [0.1, 0.15) is 17.3 Å². The lowest BCUT2D eigenvalue weighted by Crippen LogP contribution is -1.90. The monoisotopic (exact) mass is 194 g/mol. The fourth-order valence-electron chi connectivity index (χ4n) is 1.02. The van der Waals surface area contributed by atoms with E-state index in [-0.39, 0.29) is 5.78 Å².